The number of aliphatic hydroxyl groups excluding tert-OH is 2. The van der Waals surface area contributed by atoms with E-state index >= 15 is 0 Å². The van der Waals surface area contributed by atoms with Crippen molar-refractivity contribution in [3.63, 3.8) is 0 Å². The molecule has 2 heterocycles. The Labute approximate surface area is 261 Å². The molecule has 8 nitrogen and oxygen atoms in total. The summed E-state index contributed by atoms with van der Waals surface area (Å²) in [6.45, 7) is 3.40. The van der Waals surface area contributed by atoms with E-state index in [1.54, 1.807) is 6.92 Å². The summed E-state index contributed by atoms with van der Waals surface area (Å²) in [6.07, 6.45) is 25.4. The van der Waals surface area contributed by atoms with Crippen molar-refractivity contribution in [2.75, 3.05) is 26.4 Å². The van der Waals surface area contributed by atoms with Gasteiger partial charge in [0.05, 0.1) is 38.1 Å². The fraction of sp³-hybridized carbons (Fsp3) is 0.909. The summed E-state index contributed by atoms with van der Waals surface area (Å²) in [4.78, 5) is 11.4. The molecule has 9 heteroatoms. The first kappa shape index (κ1) is 39.3. The van der Waals surface area contributed by atoms with Gasteiger partial charge in [0.25, 0.3) is 0 Å². The van der Waals surface area contributed by atoms with Crippen molar-refractivity contribution in [3.8, 4) is 0 Å². The molecule has 0 aromatic carbocycles. The number of carbonyl (C=O) groups is 1. The highest BCUT2D eigenvalue weighted by molar-refractivity contribution is 5.85. The molecule has 248 valence electrons. The van der Waals surface area contributed by atoms with Crippen LogP contribution in [0, 0.1) is 0 Å². The first-order chi connectivity index (χ1) is 20.0. The topological polar surface area (TPSA) is 120 Å². The van der Waals surface area contributed by atoms with Gasteiger partial charge in [-0.3, -0.25) is 0 Å². The van der Waals surface area contributed by atoms with E-state index in [1.807, 2.05) is 6.08 Å². The zero-order valence-corrected chi connectivity index (χ0v) is 27.2. The standard InChI is InChI=1S/C33H61NO7.ClH/c1-2-39-31(37)21-17-13-12-16-20-30-32-29(36)22-24-33(40-30,41-32)23-18-14-10-8-6-4-3-5-7-9-11-15-19-25-38-27-28(34)26-35;/h17,21,28-30,32,35-36H,2-16,18-20,22-27,34H2,1H3;1H/b21-17+;/t28-,29-,30-,32-,33+;/m1./s1. The lowest BCUT2D eigenvalue weighted by Gasteiger charge is -2.33. The van der Waals surface area contributed by atoms with Gasteiger partial charge in [-0.1, -0.05) is 83.1 Å². The second kappa shape index (κ2) is 24.6. The fourth-order valence-corrected chi connectivity index (χ4v) is 5.94. The van der Waals surface area contributed by atoms with Crippen LogP contribution in [0.3, 0.4) is 0 Å². The van der Waals surface area contributed by atoms with E-state index in [1.165, 1.54) is 76.7 Å². The highest BCUT2D eigenvalue weighted by Gasteiger charge is 2.52. The van der Waals surface area contributed by atoms with Crippen LogP contribution in [-0.2, 0) is 23.7 Å². The highest BCUT2D eigenvalue weighted by atomic mass is 35.5. The van der Waals surface area contributed by atoms with Crippen LogP contribution in [0.2, 0.25) is 0 Å². The average Bonchev–Trinajstić information content (AvgIpc) is 3.27. The van der Waals surface area contributed by atoms with E-state index < -0.39 is 11.9 Å². The number of rotatable bonds is 26. The molecule has 42 heavy (non-hydrogen) atoms. The minimum absolute atomic E-state index is 0. The lowest BCUT2D eigenvalue weighted by Crippen LogP contribution is -2.41. The smallest absolute Gasteiger partial charge is 0.330 e. The Hall–Kier alpha value is -0.740. The maximum atomic E-state index is 11.4. The van der Waals surface area contributed by atoms with Crippen molar-refractivity contribution in [1.82, 2.24) is 0 Å². The zero-order valence-electron chi connectivity index (χ0n) is 26.4. The molecule has 0 saturated carbocycles. The van der Waals surface area contributed by atoms with Crippen molar-refractivity contribution in [2.24, 2.45) is 5.73 Å². The molecule has 0 radical (unpaired) electrons. The van der Waals surface area contributed by atoms with Crippen LogP contribution in [0.5, 0.6) is 0 Å². The maximum Gasteiger partial charge on any atom is 0.330 e. The van der Waals surface area contributed by atoms with Gasteiger partial charge in [-0.15, -0.1) is 12.4 Å². The number of unbranched alkanes of at least 4 members (excludes halogenated alkanes) is 14. The molecule has 0 spiro atoms. The Bertz CT molecular complexity index is 697. The van der Waals surface area contributed by atoms with Gasteiger partial charge in [-0.05, 0) is 45.4 Å². The van der Waals surface area contributed by atoms with Gasteiger partial charge in [0.15, 0.2) is 5.79 Å². The maximum absolute atomic E-state index is 11.4. The second-order valence-corrected chi connectivity index (χ2v) is 12.1. The molecule has 2 aliphatic rings. The summed E-state index contributed by atoms with van der Waals surface area (Å²) in [6, 6.07) is -0.248. The minimum atomic E-state index is -0.487. The number of hydrogen-bond donors (Lipinski definition) is 3. The number of hydrogen-bond acceptors (Lipinski definition) is 8. The number of nitrogens with two attached hydrogens (primary N) is 1. The molecule has 0 unspecified atom stereocenters. The number of ether oxygens (including phenoxy) is 4. The molecule has 0 aromatic heterocycles. The second-order valence-electron chi connectivity index (χ2n) is 12.1. The third-order valence-corrected chi connectivity index (χ3v) is 8.35. The summed E-state index contributed by atoms with van der Waals surface area (Å²) in [5.74, 6) is -0.767. The monoisotopic (exact) mass is 619 g/mol. The number of fused-ring (bicyclic) bond motifs is 2. The molecule has 5 atom stereocenters. The lowest BCUT2D eigenvalue weighted by molar-refractivity contribution is -0.214. The van der Waals surface area contributed by atoms with E-state index in [-0.39, 0.29) is 43.2 Å². The van der Waals surface area contributed by atoms with Gasteiger partial charge < -0.3 is 34.9 Å². The predicted molar refractivity (Wildman–Crippen MR) is 170 cm³/mol. The molecule has 2 fully saturated rings. The Morgan fingerprint density at radius 3 is 2.19 bits per heavy atom. The number of aliphatic hydroxyl groups is 2. The van der Waals surface area contributed by atoms with E-state index in [4.69, 9.17) is 29.8 Å². The molecule has 2 rings (SSSR count). The van der Waals surface area contributed by atoms with E-state index in [2.05, 4.69) is 0 Å². The number of allylic oxidation sites excluding steroid dienone is 1. The van der Waals surface area contributed by atoms with Gasteiger partial charge in [0, 0.05) is 25.5 Å². The van der Waals surface area contributed by atoms with Crippen LogP contribution in [0.25, 0.3) is 0 Å². The normalized spacial score (nSPS) is 24.1. The average molecular weight is 620 g/mol. The SMILES string of the molecule is CCOC(=O)/C=C/CCCC[C@H]1O[C@]2(CCCCCCCCCCCCCCCOC[C@H](N)CO)CC[C@@H](O)[C@H]1O2.Cl. The van der Waals surface area contributed by atoms with Gasteiger partial charge in [-0.25, -0.2) is 4.79 Å². The van der Waals surface area contributed by atoms with Crippen molar-refractivity contribution in [2.45, 2.75) is 165 Å². The Kier molecular flexibility index (Phi) is 23.0. The summed E-state index contributed by atoms with van der Waals surface area (Å²) >= 11 is 0. The van der Waals surface area contributed by atoms with Crippen LogP contribution in [-0.4, -0.2) is 72.8 Å². The first-order valence-electron chi connectivity index (χ1n) is 16.8. The lowest BCUT2D eigenvalue weighted by atomic mass is 9.94. The molecule has 2 saturated heterocycles. The molecule has 0 aliphatic carbocycles. The van der Waals surface area contributed by atoms with Crippen molar-refractivity contribution >= 4 is 18.4 Å². The third kappa shape index (κ3) is 16.9. The predicted octanol–water partition coefficient (Wildman–Crippen LogP) is 6.52. The summed E-state index contributed by atoms with van der Waals surface area (Å²) < 4.78 is 23.1. The van der Waals surface area contributed by atoms with Gasteiger partial charge in [0.1, 0.15) is 6.10 Å². The molecule has 2 bridgehead atoms. The van der Waals surface area contributed by atoms with Crippen LogP contribution in [0.15, 0.2) is 12.2 Å². The Morgan fingerprint density at radius 2 is 1.57 bits per heavy atom. The Morgan fingerprint density at radius 1 is 0.952 bits per heavy atom. The molecular formula is C33H62ClNO7. The third-order valence-electron chi connectivity index (χ3n) is 8.35. The van der Waals surface area contributed by atoms with Crippen molar-refractivity contribution in [1.29, 1.82) is 0 Å². The highest BCUT2D eigenvalue weighted by Crippen LogP contribution is 2.44. The van der Waals surface area contributed by atoms with Gasteiger partial charge in [0.2, 0.25) is 0 Å². The van der Waals surface area contributed by atoms with E-state index in [9.17, 15) is 9.90 Å². The van der Waals surface area contributed by atoms with E-state index in [0.717, 1.165) is 64.4 Å². The quantitative estimate of drug-likeness (QED) is 0.0568. The van der Waals surface area contributed by atoms with Gasteiger partial charge >= 0.3 is 5.97 Å². The van der Waals surface area contributed by atoms with E-state index in [0.29, 0.717) is 13.2 Å². The largest absolute Gasteiger partial charge is 0.463 e. The summed E-state index contributed by atoms with van der Waals surface area (Å²) in [7, 11) is 0. The van der Waals surface area contributed by atoms with Gasteiger partial charge in [-0.2, -0.15) is 0 Å². The summed E-state index contributed by atoms with van der Waals surface area (Å²) in [5.41, 5.74) is 5.61. The number of esters is 1. The first-order valence-corrected chi connectivity index (χ1v) is 16.8. The van der Waals surface area contributed by atoms with Crippen LogP contribution in [0.1, 0.15) is 135 Å². The number of halogens is 1. The molecule has 0 amide bonds. The molecule has 4 N–H and O–H groups in total. The van der Waals surface area contributed by atoms with Crippen molar-refractivity contribution < 1.29 is 34.0 Å². The Balaban J connectivity index is 0.00000882. The number of carbonyl (C=O) groups excluding carboxylic acids is 1. The fourth-order valence-electron chi connectivity index (χ4n) is 5.94. The van der Waals surface area contributed by atoms with Crippen LogP contribution < -0.4 is 5.73 Å². The van der Waals surface area contributed by atoms with Crippen LogP contribution in [0.4, 0.5) is 0 Å². The van der Waals surface area contributed by atoms with Crippen molar-refractivity contribution in [3.05, 3.63) is 12.2 Å². The molecule has 0 aromatic rings. The minimum Gasteiger partial charge on any atom is -0.463 e. The molecule has 2 aliphatic heterocycles. The zero-order chi connectivity index (χ0) is 29.6. The van der Waals surface area contributed by atoms with Crippen LogP contribution >= 0.6 is 12.4 Å². The summed E-state index contributed by atoms with van der Waals surface area (Å²) in [5, 5.41) is 19.3. The molecular weight excluding hydrogens is 558 g/mol.